The fraction of sp³-hybridized carbons (Fsp3) is 0.391. The zero-order valence-electron chi connectivity index (χ0n) is 18.3. The predicted octanol–water partition coefficient (Wildman–Crippen LogP) is 3.67. The molecule has 1 fully saturated rings. The average Bonchev–Trinajstić information content (AvgIpc) is 3.44. The molecule has 1 saturated heterocycles. The van der Waals surface area contributed by atoms with Crippen LogP contribution in [0.1, 0.15) is 32.6 Å². The number of nitrogens with one attached hydrogen (secondary N) is 2. The van der Waals surface area contributed by atoms with Gasteiger partial charge in [0.25, 0.3) is 0 Å². The number of hydrogen-bond donors (Lipinski definition) is 2. The molecule has 2 heterocycles. The van der Waals surface area contributed by atoms with E-state index >= 15 is 0 Å². The summed E-state index contributed by atoms with van der Waals surface area (Å²) < 4.78 is 28.7. The number of anilines is 2. The van der Waals surface area contributed by atoms with Crippen LogP contribution in [0.4, 0.5) is 11.6 Å². The molecule has 8 nitrogen and oxygen atoms in total. The van der Waals surface area contributed by atoms with Gasteiger partial charge in [-0.1, -0.05) is 25.5 Å². The minimum atomic E-state index is -3.47. The van der Waals surface area contributed by atoms with Gasteiger partial charge in [0.2, 0.25) is 21.9 Å². The van der Waals surface area contributed by atoms with Gasteiger partial charge in [-0.3, -0.25) is 4.79 Å². The number of imidazole rings is 1. The molecule has 170 valence electrons. The Morgan fingerprint density at radius 2 is 1.78 bits per heavy atom. The van der Waals surface area contributed by atoms with Crippen LogP contribution in [0.15, 0.2) is 53.4 Å². The topological polar surface area (TPSA) is 96.3 Å². The van der Waals surface area contributed by atoms with Crippen molar-refractivity contribution in [3.8, 4) is 0 Å². The molecule has 1 amide bonds. The molecule has 2 N–H and O–H groups in total. The van der Waals surface area contributed by atoms with E-state index in [-0.39, 0.29) is 17.3 Å². The third kappa shape index (κ3) is 4.78. The van der Waals surface area contributed by atoms with Gasteiger partial charge in [-0.15, -0.1) is 0 Å². The van der Waals surface area contributed by atoms with Crippen LogP contribution in [0.5, 0.6) is 0 Å². The number of nitrogens with zero attached hydrogens (tertiary/aromatic N) is 3. The van der Waals surface area contributed by atoms with Gasteiger partial charge < -0.3 is 15.2 Å². The summed E-state index contributed by atoms with van der Waals surface area (Å²) in [4.78, 5) is 17.7. The second kappa shape index (κ2) is 9.70. The predicted molar refractivity (Wildman–Crippen MR) is 126 cm³/mol. The van der Waals surface area contributed by atoms with Crippen molar-refractivity contribution in [2.45, 2.75) is 44.0 Å². The first-order valence-corrected chi connectivity index (χ1v) is 12.5. The Bertz CT molecular complexity index is 1180. The quantitative estimate of drug-likeness (QED) is 0.480. The Balaban J connectivity index is 1.47. The molecule has 9 heteroatoms. The van der Waals surface area contributed by atoms with Crippen LogP contribution in [0.3, 0.4) is 0 Å². The van der Waals surface area contributed by atoms with E-state index in [4.69, 9.17) is 0 Å². The summed E-state index contributed by atoms with van der Waals surface area (Å²) in [5.74, 6) is 0.462. The van der Waals surface area contributed by atoms with Gasteiger partial charge in [0.05, 0.1) is 15.9 Å². The SMILES string of the molecule is CCCCNc1nc2ccccc2n1CC(=O)Nc1ccc(S(=O)(=O)N2CCCC2)cc1. The van der Waals surface area contributed by atoms with Crippen molar-refractivity contribution < 1.29 is 13.2 Å². The number of amides is 1. The number of fused-ring (bicyclic) bond motifs is 1. The lowest BCUT2D eigenvalue weighted by atomic mass is 10.3. The number of aromatic nitrogens is 2. The number of rotatable bonds is 9. The van der Waals surface area contributed by atoms with Crippen LogP contribution in [-0.2, 0) is 21.4 Å². The van der Waals surface area contributed by atoms with E-state index in [1.54, 1.807) is 24.3 Å². The summed E-state index contributed by atoms with van der Waals surface area (Å²) in [5, 5.41) is 6.19. The molecule has 0 aliphatic carbocycles. The minimum Gasteiger partial charge on any atom is -0.356 e. The van der Waals surface area contributed by atoms with E-state index in [9.17, 15) is 13.2 Å². The molecular weight excluding hydrogens is 426 g/mol. The summed E-state index contributed by atoms with van der Waals surface area (Å²) in [6, 6.07) is 14.1. The second-order valence-corrected chi connectivity index (χ2v) is 9.91. The number of para-hydroxylation sites is 2. The maximum Gasteiger partial charge on any atom is 0.244 e. The van der Waals surface area contributed by atoms with Crippen LogP contribution in [0.25, 0.3) is 11.0 Å². The molecule has 0 radical (unpaired) electrons. The lowest BCUT2D eigenvalue weighted by Gasteiger charge is -2.16. The molecular formula is C23H29N5O3S. The standard InChI is InChI=1S/C23H29N5O3S/c1-2-3-14-24-23-26-20-8-4-5-9-21(20)28(23)17-22(29)25-18-10-12-19(13-11-18)32(30,31)27-15-6-7-16-27/h4-5,8-13H,2-3,6-7,14-17H2,1H3,(H,24,26)(H,25,29). The molecule has 32 heavy (non-hydrogen) atoms. The zero-order chi connectivity index (χ0) is 22.6. The monoisotopic (exact) mass is 455 g/mol. The first-order valence-electron chi connectivity index (χ1n) is 11.1. The van der Waals surface area contributed by atoms with Crippen LogP contribution in [-0.4, -0.2) is 47.8 Å². The third-order valence-corrected chi connectivity index (χ3v) is 7.52. The van der Waals surface area contributed by atoms with Crippen molar-refractivity contribution >= 4 is 38.6 Å². The lowest BCUT2D eigenvalue weighted by molar-refractivity contribution is -0.116. The van der Waals surface area contributed by atoms with Crippen LogP contribution >= 0.6 is 0 Å². The molecule has 0 saturated carbocycles. The maximum absolute atomic E-state index is 12.8. The first kappa shape index (κ1) is 22.3. The molecule has 0 bridgehead atoms. The largest absolute Gasteiger partial charge is 0.356 e. The number of unbranched alkanes of at least 4 members (excludes halogenated alkanes) is 1. The average molecular weight is 456 g/mol. The van der Waals surface area contributed by atoms with E-state index in [1.165, 1.54) is 4.31 Å². The van der Waals surface area contributed by atoms with E-state index in [1.807, 2.05) is 28.8 Å². The zero-order valence-corrected chi connectivity index (χ0v) is 19.1. The smallest absolute Gasteiger partial charge is 0.244 e. The number of sulfonamides is 1. The lowest BCUT2D eigenvalue weighted by Crippen LogP contribution is -2.27. The molecule has 1 aliphatic rings. The van der Waals surface area contributed by atoms with Gasteiger partial charge in [0.15, 0.2) is 0 Å². The molecule has 0 atom stereocenters. The Labute approximate surface area is 188 Å². The highest BCUT2D eigenvalue weighted by Crippen LogP contribution is 2.23. The number of hydrogen-bond acceptors (Lipinski definition) is 5. The Morgan fingerprint density at radius 3 is 2.50 bits per heavy atom. The first-order chi connectivity index (χ1) is 15.5. The molecule has 4 rings (SSSR count). The second-order valence-electron chi connectivity index (χ2n) is 7.97. The number of carbonyl (C=O) groups is 1. The van der Waals surface area contributed by atoms with Gasteiger partial charge in [-0.05, 0) is 55.7 Å². The van der Waals surface area contributed by atoms with E-state index < -0.39 is 10.0 Å². The molecule has 0 spiro atoms. The van der Waals surface area contributed by atoms with Gasteiger partial charge >= 0.3 is 0 Å². The minimum absolute atomic E-state index is 0.1000. The Kier molecular flexibility index (Phi) is 6.76. The van der Waals surface area contributed by atoms with Gasteiger partial charge in [-0.25, -0.2) is 13.4 Å². The van der Waals surface area contributed by atoms with Gasteiger partial charge in [0.1, 0.15) is 6.54 Å². The van der Waals surface area contributed by atoms with Crippen LogP contribution in [0, 0.1) is 0 Å². The van der Waals surface area contributed by atoms with Crippen molar-refractivity contribution in [3.05, 3.63) is 48.5 Å². The normalized spacial score (nSPS) is 14.7. The van der Waals surface area contributed by atoms with Crippen LogP contribution in [0.2, 0.25) is 0 Å². The summed E-state index contributed by atoms with van der Waals surface area (Å²) in [5.41, 5.74) is 2.27. The van der Waals surface area contributed by atoms with Gasteiger partial charge in [0, 0.05) is 25.3 Å². The summed E-state index contributed by atoms with van der Waals surface area (Å²) in [6.07, 6.45) is 3.87. The van der Waals surface area contributed by atoms with E-state index in [2.05, 4.69) is 22.5 Å². The van der Waals surface area contributed by atoms with Gasteiger partial charge in [-0.2, -0.15) is 4.31 Å². The fourth-order valence-electron chi connectivity index (χ4n) is 3.88. The molecule has 1 aliphatic heterocycles. The highest BCUT2D eigenvalue weighted by Gasteiger charge is 2.27. The van der Waals surface area contributed by atoms with Crippen molar-refractivity contribution in [1.82, 2.24) is 13.9 Å². The van der Waals surface area contributed by atoms with Crippen molar-refractivity contribution in [1.29, 1.82) is 0 Å². The molecule has 0 unspecified atom stereocenters. The highest BCUT2D eigenvalue weighted by atomic mass is 32.2. The van der Waals surface area contributed by atoms with Crippen molar-refractivity contribution in [3.63, 3.8) is 0 Å². The summed E-state index contributed by atoms with van der Waals surface area (Å²) in [7, 11) is -3.47. The van der Waals surface area contributed by atoms with Crippen LogP contribution < -0.4 is 10.6 Å². The van der Waals surface area contributed by atoms with Crippen molar-refractivity contribution in [2.75, 3.05) is 30.3 Å². The van der Waals surface area contributed by atoms with E-state index in [0.717, 1.165) is 43.3 Å². The summed E-state index contributed by atoms with van der Waals surface area (Å²) >= 11 is 0. The third-order valence-electron chi connectivity index (χ3n) is 5.61. The molecule has 3 aromatic rings. The molecule has 1 aromatic heterocycles. The van der Waals surface area contributed by atoms with Crippen molar-refractivity contribution in [2.24, 2.45) is 0 Å². The highest BCUT2D eigenvalue weighted by molar-refractivity contribution is 7.89. The summed E-state index contributed by atoms with van der Waals surface area (Å²) in [6.45, 7) is 4.14. The fourth-order valence-corrected chi connectivity index (χ4v) is 5.40. The Morgan fingerprint density at radius 1 is 1.06 bits per heavy atom. The number of benzene rings is 2. The maximum atomic E-state index is 12.8. The Hall–Kier alpha value is -2.91. The number of carbonyl (C=O) groups excluding carboxylic acids is 1. The van der Waals surface area contributed by atoms with E-state index in [0.29, 0.717) is 24.7 Å². The molecule has 2 aromatic carbocycles.